The molecule has 2 aliphatic heterocycles. The monoisotopic (exact) mass is 859 g/mol. The van der Waals surface area contributed by atoms with Gasteiger partial charge in [-0.15, -0.1) is 0 Å². The molecule has 3 aliphatic rings. The first-order chi connectivity index (χ1) is 29.6. The van der Waals surface area contributed by atoms with E-state index in [4.69, 9.17) is 19.1 Å². The van der Waals surface area contributed by atoms with Crippen LogP contribution in [0.3, 0.4) is 0 Å². The van der Waals surface area contributed by atoms with Crippen molar-refractivity contribution in [1.29, 1.82) is 4.78 Å². The molecular weight excluding hydrogens is 814 g/mol. The van der Waals surface area contributed by atoms with Crippen molar-refractivity contribution >= 4 is 26.5 Å². The zero-order chi connectivity index (χ0) is 43.4. The van der Waals surface area contributed by atoms with Gasteiger partial charge in [0.1, 0.15) is 22.9 Å². The van der Waals surface area contributed by atoms with E-state index in [2.05, 4.69) is 35.3 Å². The van der Waals surface area contributed by atoms with Crippen LogP contribution in [-0.2, 0) is 26.4 Å². The molecule has 0 spiro atoms. The number of aromatic amines is 1. The molecule has 3 aromatic carbocycles. The SMILES string of the molecule is Cc1cc(-n2nc3c(c2-n2ccn(-c4ccc([S@](C)(=N)=O)cc4)c2=O)[C@H](C)N(C(=O)c2cc4cc(C5CCOCC5)ccc4n2[C@@]2(c4noc(=O)[nH]4)C[C@@H]2C)CC3)cc(C)c1F. The van der Waals surface area contributed by atoms with Crippen molar-refractivity contribution in [2.45, 2.75) is 75.8 Å². The Labute approximate surface area is 355 Å². The minimum Gasteiger partial charge on any atom is -0.381 e. The van der Waals surface area contributed by atoms with Crippen molar-refractivity contribution in [3.63, 3.8) is 0 Å². The highest BCUT2D eigenvalue weighted by Gasteiger charge is 2.59. The van der Waals surface area contributed by atoms with Crippen LogP contribution in [0.1, 0.15) is 89.3 Å². The Morgan fingerprint density at radius 3 is 2.31 bits per heavy atom. The lowest BCUT2D eigenvalue weighted by Crippen LogP contribution is -2.41. The van der Waals surface area contributed by atoms with Gasteiger partial charge in [0, 0.05) is 66.2 Å². The first-order valence-electron chi connectivity index (χ1n) is 20.8. The van der Waals surface area contributed by atoms with Crippen LogP contribution in [0.25, 0.3) is 28.1 Å². The summed E-state index contributed by atoms with van der Waals surface area (Å²) in [4.78, 5) is 47.2. The van der Waals surface area contributed by atoms with Crippen LogP contribution in [0.15, 0.2) is 92.1 Å². The van der Waals surface area contributed by atoms with Crippen molar-refractivity contribution in [3.8, 4) is 17.2 Å². The number of amides is 1. The van der Waals surface area contributed by atoms with E-state index in [1.54, 1.807) is 72.2 Å². The van der Waals surface area contributed by atoms with Gasteiger partial charge in [-0.05, 0) is 123 Å². The normalized spacial score (nSPS) is 21.3. The fourth-order valence-electron chi connectivity index (χ4n) is 9.81. The fraction of sp³-hybridized carbons (Fsp3) is 0.356. The molecular formula is C45H46FN9O6S. The molecule has 62 heavy (non-hydrogen) atoms. The number of fused-ring (bicyclic) bond motifs is 2. The third kappa shape index (κ3) is 6.22. The van der Waals surface area contributed by atoms with E-state index in [-0.39, 0.29) is 17.6 Å². The molecule has 6 heterocycles. The zero-order valence-corrected chi connectivity index (χ0v) is 35.8. The molecule has 7 aromatic rings. The lowest BCUT2D eigenvalue weighted by atomic mass is 9.91. The van der Waals surface area contributed by atoms with Gasteiger partial charge in [0.2, 0.25) is 0 Å². The number of hydrogen-bond donors (Lipinski definition) is 2. The molecule has 0 unspecified atom stereocenters. The van der Waals surface area contributed by atoms with Gasteiger partial charge in [0.25, 0.3) is 5.91 Å². The molecule has 10 rings (SSSR count). The maximum Gasteiger partial charge on any atom is 0.438 e. The Kier molecular flexibility index (Phi) is 9.22. The predicted molar refractivity (Wildman–Crippen MR) is 229 cm³/mol. The number of aromatic nitrogens is 7. The molecule has 2 N–H and O–H groups in total. The standard InChI is InChI=1S/C45H46FN9O6S/c1-25-20-33(21-26(2)39(25)46)55-40(53-17-16-52(44(53)58)32-7-9-34(10-8-32)62(5,47)59)38-28(4)51(15-12-35(38)49-55)41(56)37-23-31-22-30(29-13-18-60-19-14-29)6-11-36(31)54(37)45(24-27(45)3)42-48-43(57)61-50-42/h6-11,16-17,20-23,27-29,47H,12-15,18-19,24H2,1-5H3,(H,48,50,57)/t27-,28-,45-,62+/m0/s1. The van der Waals surface area contributed by atoms with E-state index in [0.717, 1.165) is 23.7 Å². The van der Waals surface area contributed by atoms with Gasteiger partial charge in [0.15, 0.2) is 5.82 Å². The zero-order valence-electron chi connectivity index (χ0n) is 35.0. The maximum atomic E-state index is 15.4. The number of halogens is 1. The lowest BCUT2D eigenvalue weighted by Gasteiger charge is -2.34. The molecule has 1 saturated heterocycles. The summed E-state index contributed by atoms with van der Waals surface area (Å²) in [6, 6.07) is 17.5. The smallest absolute Gasteiger partial charge is 0.381 e. The van der Waals surface area contributed by atoms with Crippen LogP contribution in [0.4, 0.5) is 4.39 Å². The first-order valence-corrected chi connectivity index (χ1v) is 22.8. The number of rotatable bonds is 8. The van der Waals surface area contributed by atoms with Crippen molar-refractivity contribution in [1.82, 2.24) is 38.5 Å². The Morgan fingerprint density at radius 2 is 1.66 bits per heavy atom. The Balaban J connectivity index is 1.12. The van der Waals surface area contributed by atoms with E-state index in [0.29, 0.717) is 94.5 Å². The quantitative estimate of drug-likeness (QED) is 0.170. The summed E-state index contributed by atoms with van der Waals surface area (Å²) < 4.78 is 52.8. The highest BCUT2D eigenvalue weighted by atomic mass is 32.2. The number of aryl methyl sites for hydroxylation is 2. The van der Waals surface area contributed by atoms with Gasteiger partial charge in [-0.3, -0.25) is 23.4 Å². The van der Waals surface area contributed by atoms with Crippen molar-refractivity contribution < 1.29 is 22.7 Å². The molecule has 1 amide bonds. The molecule has 320 valence electrons. The average Bonchev–Trinajstić information content (AvgIpc) is 3.75. The second-order valence-corrected chi connectivity index (χ2v) is 19.3. The molecule has 15 nitrogen and oxygen atoms in total. The van der Waals surface area contributed by atoms with Crippen LogP contribution in [0, 0.1) is 30.4 Å². The number of carbonyl (C=O) groups excluding carboxylic acids is 1. The van der Waals surface area contributed by atoms with Crippen LogP contribution in [0.5, 0.6) is 0 Å². The summed E-state index contributed by atoms with van der Waals surface area (Å²) in [5.74, 6) is -0.125. The molecule has 1 aliphatic carbocycles. The summed E-state index contributed by atoms with van der Waals surface area (Å²) in [6.45, 7) is 9.07. The van der Waals surface area contributed by atoms with Crippen molar-refractivity contribution in [2.24, 2.45) is 5.92 Å². The van der Waals surface area contributed by atoms with Gasteiger partial charge in [-0.2, -0.15) is 5.10 Å². The largest absolute Gasteiger partial charge is 0.438 e. The Hall–Kier alpha value is -6.33. The molecule has 0 bridgehead atoms. The topological polar surface area (TPSA) is 179 Å². The van der Waals surface area contributed by atoms with E-state index in [9.17, 15) is 13.8 Å². The fourth-order valence-corrected chi connectivity index (χ4v) is 10.5. The summed E-state index contributed by atoms with van der Waals surface area (Å²) >= 11 is 0. The van der Waals surface area contributed by atoms with Gasteiger partial charge in [-0.25, -0.2) is 27.6 Å². The number of nitrogens with one attached hydrogen (secondary N) is 2. The number of imidazole rings is 1. The van der Waals surface area contributed by atoms with Gasteiger partial charge < -0.3 is 14.2 Å². The summed E-state index contributed by atoms with van der Waals surface area (Å²) in [6.07, 6.45) is 7.42. The van der Waals surface area contributed by atoms with E-state index in [1.165, 1.54) is 21.0 Å². The van der Waals surface area contributed by atoms with Gasteiger partial charge in [0.05, 0.1) is 32.8 Å². The second-order valence-electron chi connectivity index (χ2n) is 17.1. The molecule has 4 aromatic heterocycles. The second kappa shape index (κ2) is 14.4. The third-order valence-electron chi connectivity index (χ3n) is 13.2. The number of hydrogen-bond acceptors (Lipinski definition) is 9. The Morgan fingerprint density at radius 1 is 0.968 bits per heavy atom. The van der Waals surface area contributed by atoms with Crippen LogP contribution < -0.4 is 11.4 Å². The lowest BCUT2D eigenvalue weighted by molar-refractivity contribution is 0.0663. The highest BCUT2D eigenvalue weighted by molar-refractivity contribution is 7.91. The number of nitrogens with zero attached hydrogens (tertiary/aromatic N) is 7. The molecule has 2 fully saturated rings. The summed E-state index contributed by atoms with van der Waals surface area (Å²) in [5, 5.41) is 10.1. The molecule has 1 saturated carbocycles. The van der Waals surface area contributed by atoms with E-state index < -0.39 is 32.8 Å². The molecule has 4 atom stereocenters. The number of carbonyl (C=O) groups is 1. The minimum absolute atomic E-state index is 0.0172. The maximum absolute atomic E-state index is 15.4. The van der Waals surface area contributed by atoms with Gasteiger partial charge in [-0.1, -0.05) is 18.1 Å². The van der Waals surface area contributed by atoms with Crippen molar-refractivity contribution in [2.75, 3.05) is 26.0 Å². The summed E-state index contributed by atoms with van der Waals surface area (Å²) in [7, 11) is -2.97. The van der Waals surface area contributed by atoms with Crippen LogP contribution >= 0.6 is 0 Å². The number of H-pyrrole nitrogens is 1. The number of benzene rings is 3. The number of ether oxygens (including phenoxy) is 1. The van der Waals surface area contributed by atoms with E-state index in [1.807, 2.05) is 17.6 Å². The first kappa shape index (κ1) is 39.8. The summed E-state index contributed by atoms with van der Waals surface area (Å²) in [5.41, 5.74) is 4.44. The molecule has 0 radical (unpaired) electrons. The predicted octanol–water partition coefficient (Wildman–Crippen LogP) is 6.67. The minimum atomic E-state index is -2.97. The molecule has 17 heteroatoms. The Bertz CT molecular complexity index is 3160. The third-order valence-corrected chi connectivity index (χ3v) is 14.4. The van der Waals surface area contributed by atoms with Crippen molar-refractivity contribution in [3.05, 3.63) is 139 Å². The van der Waals surface area contributed by atoms with Crippen LogP contribution in [-0.4, -0.2) is 74.7 Å². The highest BCUT2D eigenvalue weighted by Crippen LogP contribution is 2.56. The van der Waals surface area contributed by atoms with Crippen LogP contribution in [0.2, 0.25) is 0 Å². The van der Waals surface area contributed by atoms with E-state index >= 15 is 9.18 Å². The van der Waals surface area contributed by atoms with Gasteiger partial charge >= 0.3 is 11.4 Å². The average molecular weight is 860 g/mol.